The Morgan fingerprint density at radius 2 is 1.74 bits per heavy atom. The molecule has 19 heavy (non-hydrogen) atoms. The van der Waals surface area contributed by atoms with E-state index < -0.39 is 0 Å². The summed E-state index contributed by atoms with van der Waals surface area (Å²) >= 11 is 0. The number of carbonyl (C=O) groups excluding carboxylic acids is 2. The molecule has 0 N–H and O–H groups in total. The summed E-state index contributed by atoms with van der Waals surface area (Å²) in [5, 5.41) is 0. The number of nitrogens with zero attached hydrogens (tertiary/aromatic N) is 1. The standard InChI is InChI=1S/C16H27NO2/c1-6-7-8-9-15(12-16(19)17(4)5)13(2)10-11-14(3)18/h12H,2,6-11H2,1,3-5H3/b15-12+. The Morgan fingerprint density at radius 3 is 2.21 bits per heavy atom. The Morgan fingerprint density at radius 1 is 1.11 bits per heavy atom. The summed E-state index contributed by atoms with van der Waals surface area (Å²) < 4.78 is 0. The Bertz CT molecular complexity index is 354. The number of rotatable bonds is 9. The van der Waals surface area contributed by atoms with E-state index in [2.05, 4.69) is 13.5 Å². The third-order valence-corrected chi connectivity index (χ3v) is 3.02. The predicted octanol–water partition coefficient (Wildman–Crippen LogP) is 3.51. The minimum absolute atomic E-state index is 0.0181. The minimum atomic E-state index is -0.0181. The molecule has 3 nitrogen and oxygen atoms in total. The van der Waals surface area contributed by atoms with Gasteiger partial charge in [0.15, 0.2) is 0 Å². The van der Waals surface area contributed by atoms with Crippen LogP contribution in [0.3, 0.4) is 0 Å². The topological polar surface area (TPSA) is 37.4 Å². The molecule has 0 aliphatic carbocycles. The molecule has 0 aliphatic rings. The van der Waals surface area contributed by atoms with E-state index in [1.54, 1.807) is 32.0 Å². The van der Waals surface area contributed by atoms with Crippen molar-refractivity contribution in [2.45, 2.75) is 52.4 Å². The van der Waals surface area contributed by atoms with E-state index in [9.17, 15) is 9.59 Å². The monoisotopic (exact) mass is 265 g/mol. The molecule has 0 saturated heterocycles. The second kappa shape index (κ2) is 9.54. The summed E-state index contributed by atoms with van der Waals surface area (Å²) in [6.45, 7) is 7.76. The fourth-order valence-electron chi connectivity index (χ4n) is 1.68. The molecule has 1 amide bonds. The summed E-state index contributed by atoms with van der Waals surface area (Å²) in [6, 6.07) is 0. The first-order valence-corrected chi connectivity index (χ1v) is 6.97. The van der Waals surface area contributed by atoms with Crippen molar-refractivity contribution in [3.8, 4) is 0 Å². The molecule has 0 aromatic carbocycles. The Labute approximate surface area is 117 Å². The van der Waals surface area contributed by atoms with E-state index in [0.717, 1.165) is 36.8 Å². The quantitative estimate of drug-likeness (QED) is 0.363. The molecular weight excluding hydrogens is 238 g/mol. The highest BCUT2D eigenvalue weighted by molar-refractivity contribution is 5.88. The van der Waals surface area contributed by atoms with E-state index in [1.807, 2.05) is 0 Å². The molecule has 0 aromatic rings. The predicted molar refractivity (Wildman–Crippen MR) is 80.0 cm³/mol. The lowest BCUT2D eigenvalue weighted by Gasteiger charge is -2.13. The fraction of sp³-hybridized carbons (Fsp3) is 0.625. The van der Waals surface area contributed by atoms with E-state index >= 15 is 0 Å². The molecular formula is C16H27NO2. The summed E-state index contributed by atoms with van der Waals surface area (Å²) in [5.41, 5.74) is 1.91. The van der Waals surface area contributed by atoms with Crippen molar-refractivity contribution in [1.82, 2.24) is 4.90 Å². The largest absolute Gasteiger partial charge is 0.345 e. The second-order valence-electron chi connectivity index (χ2n) is 5.16. The van der Waals surface area contributed by atoms with Gasteiger partial charge < -0.3 is 9.69 Å². The highest BCUT2D eigenvalue weighted by Gasteiger charge is 2.08. The Kier molecular flexibility index (Phi) is 8.84. The lowest BCUT2D eigenvalue weighted by atomic mass is 9.96. The van der Waals surface area contributed by atoms with E-state index in [1.165, 1.54) is 0 Å². The number of carbonyl (C=O) groups is 2. The van der Waals surface area contributed by atoms with Gasteiger partial charge in [0.25, 0.3) is 0 Å². The van der Waals surface area contributed by atoms with Crippen LogP contribution in [-0.4, -0.2) is 30.7 Å². The highest BCUT2D eigenvalue weighted by Crippen LogP contribution is 2.21. The molecule has 0 radical (unpaired) electrons. The van der Waals surface area contributed by atoms with Crippen LogP contribution in [0, 0.1) is 0 Å². The zero-order valence-electron chi connectivity index (χ0n) is 12.8. The molecule has 0 atom stereocenters. The van der Waals surface area contributed by atoms with Gasteiger partial charge in [-0.25, -0.2) is 0 Å². The van der Waals surface area contributed by atoms with E-state index in [-0.39, 0.29) is 11.7 Å². The van der Waals surface area contributed by atoms with Gasteiger partial charge in [0.2, 0.25) is 5.91 Å². The van der Waals surface area contributed by atoms with Crippen LogP contribution in [0.4, 0.5) is 0 Å². The molecule has 0 heterocycles. The van der Waals surface area contributed by atoms with Gasteiger partial charge in [-0.3, -0.25) is 4.79 Å². The number of amides is 1. The second-order valence-corrected chi connectivity index (χ2v) is 5.16. The smallest absolute Gasteiger partial charge is 0.246 e. The van der Waals surface area contributed by atoms with Crippen molar-refractivity contribution in [3.63, 3.8) is 0 Å². The van der Waals surface area contributed by atoms with Gasteiger partial charge in [-0.15, -0.1) is 0 Å². The number of ketones is 1. The van der Waals surface area contributed by atoms with Crippen LogP contribution in [0.15, 0.2) is 23.8 Å². The lowest BCUT2D eigenvalue weighted by Crippen LogP contribution is -2.19. The molecule has 0 aliphatic heterocycles. The van der Waals surface area contributed by atoms with E-state index in [4.69, 9.17) is 0 Å². The summed E-state index contributed by atoms with van der Waals surface area (Å²) in [4.78, 5) is 24.3. The molecule has 0 bridgehead atoms. The Balaban J connectivity index is 4.69. The van der Waals surface area contributed by atoms with Crippen LogP contribution in [0.2, 0.25) is 0 Å². The molecule has 0 fully saturated rings. The van der Waals surface area contributed by atoms with Crippen molar-refractivity contribution in [2.75, 3.05) is 14.1 Å². The van der Waals surface area contributed by atoms with Crippen molar-refractivity contribution in [3.05, 3.63) is 23.8 Å². The van der Waals surface area contributed by atoms with Crippen LogP contribution >= 0.6 is 0 Å². The van der Waals surface area contributed by atoms with Crippen molar-refractivity contribution < 1.29 is 9.59 Å². The molecule has 3 heteroatoms. The minimum Gasteiger partial charge on any atom is -0.345 e. The average molecular weight is 265 g/mol. The average Bonchev–Trinajstić information content (AvgIpc) is 2.34. The molecule has 0 spiro atoms. The molecule has 0 rings (SSSR count). The van der Waals surface area contributed by atoms with Crippen molar-refractivity contribution >= 4 is 11.7 Å². The maximum Gasteiger partial charge on any atom is 0.246 e. The summed E-state index contributed by atoms with van der Waals surface area (Å²) in [7, 11) is 3.47. The zero-order valence-corrected chi connectivity index (χ0v) is 12.8. The first-order valence-electron chi connectivity index (χ1n) is 6.97. The van der Waals surface area contributed by atoms with Gasteiger partial charge in [0.1, 0.15) is 5.78 Å². The number of hydrogen-bond donors (Lipinski definition) is 0. The van der Waals surface area contributed by atoms with Crippen LogP contribution in [0.1, 0.15) is 52.4 Å². The number of allylic oxidation sites excluding steroid dienone is 2. The number of hydrogen-bond acceptors (Lipinski definition) is 2. The number of unbranched alkanes of at least 4 members (excludes halogenated alkanes) is 2. The van der Waals surface area contributed by atoms with Crippen molar-refractivity contribution in [2.24, 2.45) is 0 Å². The fourth-order valence-corrected chi connectivity index (χ4v) is 1.68. The molecule has 108 valence electrons. The van der Waals surface area contributed by atoms with Gasteiger partial charge in [0, 0.05) is 26.6 Å². The number of Topliss-reactive ketones (excluding diaryl/α,β-unsaturated/α-hetero) is 1. The third kappa shape index (κ3) is 8.36. The molecule has 0 saturated carbocycles. The SMILES string of the molecule is C=C(CCC(C)=O)/C(=C/C(=O)N(C)C)CCCCC. The van der Waals surface area contributed by atoms with Crippen molar-refractivity contribution in [1.29, 1.82) is 0 Å². The number of likely N-dealkylation sites (N-methyl/N-ethyl adjacent to an activating group) is 1. The van der Waals surface area contributed by atoms with Crippen LogP contribution < -0.4 is 0 Å². The first kappa shape index (κ1) is 17.6. The van der Waals surface area contributed by atoms with Gasteiger partial charge in [-0.1, -0.05) is 31.9 Å². The van der Waals surface area contributed by atoms with Gasteiger partial charge in [-0.05, 0) is 31.8 Å². The van der Waals surface area contributed by atoms with Crippen LogP contribution in [0.25, 0.3) is 0 Å². The zero-order chi connectivity index (χ0) is 14.8. The van der Waals surface area contributed by atoms with Gasteiger partial charge in [0.05, 0.1) is 0 Å². The maximum atomic E-state index is 11.8. The first-order chi connectivity index (χ1) is 8.88. The molecule has 0 aromatic heterocycles. The Hall–Kier alpha value is -1.38. The van der Waals surface area contributed by atoms with E-state index in [0.29, 0.717) is 12.8 Å². The summed E-state index contributed by atoms with van der Waals surface area (Å²) in [5.74, 6) is 0.142. The normalized spacial score (nSPS) is 11.3. The molecule has 0 unspecified atom stereocenters. The highest BCUT2D eigenvalue weighted by atomic mass is 16.2. The van der Waals surface area contributed by atoms with Crippen LogP contribution in [-0.2, 0) is 9.59 Å². The third-order valence-electron chi connectivity index (χ3n) is 3.02. The van der Waals surface area contributed by atoms with Crippen LogP contribution in [0.5, 0.6) is 0 Å². The lowest BCUT2D eigenvalue weighted by molar-refractivity contribution is -0.123. The van der Waals surface area contributed by atoms with Gasteiger partial charge >= 0.3 is 0 Å². The maximum absolute atomic E-state index is 11.8. The van der Waals surface area contributed by atoms with Gasteiger partial charge in [-0.2, -0.15) is 0 Å². The summed E-state index contributed by atoms with van der Waals surface area (Å²) in [6.07, 6.45) is 7.03.